The molecule has 0 atom stereocenters. The standard InChI is InChI=1S/C50H34N2S/c1-50(2)43-24-10-8-21-38(43)39-27-26-34(30-44(39)50)52(45-25-11-9-20-37(45)32-14-4-3-5-15-32)35-28-33-18-13-23-41-46(33)42(29-35)47-48(41)53-49(51-47)40-22-12-17-31-16-6-7-19-36(31)40/h3-30H,1-2H3. The molecule has 0 radical (unpaired) electrons. The summed E-state index contributed by atoms with van der Waals surface area (Å²) in [5, 5.41) is 6.05. The van der Waals surface area contributed by atoms with Crippen molar-refractivity contribution in [1.82, 2.24) is 4.98 Å². The van der Waals surface area contributed by atoms with Gasteiger partial charge in [0.15, 0.2) is 0 Å². The van der Waals surface area contributed by atoms with E-state index in [2.05, 4.69) is 189 Å². The highest BCUT2D eigenvalue weighted by Crippen LogP contribution is 2.55. The van der Waals surface area contributed by atoms with Crippen molar-refractivity contribution >= 4 is 49.9 Å². The van der Waals surface area contributed by atoms with Gasteiger partial charge < -0.3 is 4.90 Å². The molecule has 0 spiro atoms. The summed E-state index contributed by atoms with van der Waals surface area (Å²) in [5.41, 5.74) is 15.8. The van der Waals surface area contributed by atoms with E-state index in [1.54, 1.807) is 0 Å². The Morgan fingerprint density at radius 2 is 1.17 bits per heavy atom. The summed E-state index contributed by atoms with van der Waals surface area (Å²) < 4.78 is 0. The Morgan fingerprint density at radius 1 is 0.491 bits per heavy atom. The van der Waals surface area contributed by atoms with Crippen molar-refractivity contribution in [3.8, 4) is 54.5 Å². The van der Waals surface area contributed by atoms with Crippen LogP contribution >= 0.6 is 11.3 Å². The summed E-state index contributed by atoms with van der Waals surface area (Å²) in [7, 11) is 0. The van der Waals surface area contributed by atoms with E-state index < -0.39 is 0 Å². The third kappa shape index (κ3) is 4.47. The van der Waals surface area contributed by atoms with Gasteiger partial charge in [0.1, 0.15) is 5.01 Å². The maximum atomic E-state index is 5.45. The van der Waals surface area contributed by atoms with Crippen LogP contribution in [0.4, 0.5) is 17.1 Å². The number of nitrogens with zero attached hydrogens (tertiary/aromatic N) is 2. The fraction of sp³-hybridized carbons (Fsp3) is 0.0600. The predicted molar refractivity (Wildman–Crippen MR) is 225 cm³/mol. The maximum Gasteiger partial charge on any atom is 0.125 e. The number of hydrogen-bond donors (Lipinski definition) is 0. The van der Waals surface area contributed by atoms with Crippen LogP contribution in [0.1, 0.15) is 25.0 Å². The molecule has 0 aliphatic heterocycles. The fourth-order valence-electron chi connectivity index (χ4n) is 8.92. The quantitative estimate of drug-likeness (QED) is 0.178. The van der Waals surface area contributed by atoms with Crippen molar-refractivity contribution in [1.29, 1.82) is 0 Å². The van der Waals surface area contributed by atoms with Crippen molar-refractivity contribution in [3.63, 3.8) is 0 Å². The van der Waals surface area contributed by atoms with Gasteiger partial charge in [-0.3, -0.25) is 0 Å². The number of thiazole rings is 1. The van der Waals surface area contributed by atoms with Crippen molar-refractivity contribution in [3.05, 3.63) is 181 Å². The molecule has 53 heavy (non-hydrogen) atoms. The number of benzene rings is 8. The summed E-state index contributed by atoms with van der Waals surface area (Å²) in [5.74, 6) is 0. The molecule has 11 rings (SSSR count). The van der Waals surface area contributed by atoms with Crippen LogP contribution < -0.4 is 4.90 Å². The molecule has 2 aliphatic carbocycles. The van der Waals surface area contributed by atoms with Crippen molar-refractivity contribution in [2.75, 3.05) is 4.90 Å². The largest absolute Gasteiger partial charge is 0.310 e. The zero-order chi connectivity index (χ0) is 35.3. The van der Waals surface area contributed by atoms with Gasteiger partial charge in [0, 0.05) is 39.0 Å². The maximum absolute atomic E-state index is 5.45. The third-order valence-corrected chi connectivity index (χ3v) is 12.5. The van der Waals surface area contributed by atoms with E-state index in [-0.39, 0.29) is 5.41 Å². The molecule has 2 nitrogen and oxygen atoms in total. The van der Waals surface area contributed by atoms with E-state index in [9.17, 15) is 0 Å². The predicted octanol–water partition coefficient (Wildman–Crippen LogP) is 14.2. The minimum Gasteiger partial charge on any atom is -0.310 e. The molecule has 0 unspecified atom stereocenters. The van der Waals surface area contributed by atoms with Crippen molar-refractivity contribution in [2.45, 2.75) is 19.3 Å². The Labute approximate surface area is 313 Å². The fourth-order valence-corrected chi connectivity index (χ4v) is 10.1. The molecular weight excluding hydrogens is 661 g/mol. The van der Waals surface area contributed by atoms with Crippen LogP contribution in [0.3, 0.4) is 0 Å². The molecule has 3 heteroatoms. The molecule has 250 valence electrons. The van der Waals surface area contributed by atoms with Crippen LogP contribution in [0.5, 0.6) is 0 Å². The van der Waals surface area contributed by atoms with Crippen LogP contribution in [0, 0.1) is 0 Å². The molecule has 8 aromatic carbocycles. The van der Waals surface area contributed by atoms with Gasteiger partial charge in [-0.25, -0.2) is 4.98 Å². The van der Waals surface area contributed by atoms with Gasteiger partial charge in [-0.15, -0.1) is 11.3 Å². The molecule has 2 aliphatic rings. The Balaban J connectivity index is 1.14. The van der Waals surface area contributed by atoms with Crippen LogP contribution in [0.25, 0.3) is 76.1 Å². The highest BCUT2D eigenvalue weighted by atomic mass is 32.1. The second-order valence-electron chi connectivity index (χ2n) is 14.7. The van der Waals surface area contributed by atoms with Gasteiger partial charge >= 0.3 is 0 Å². The molecule has 0 saturated heterocycles. The van der Waals surface area contributed by atoms with Gasteiger partial charge in [0.25, 0.3) is 0 Å². The first-order chi connectivity index (χ1) is 26.0. The van der Waals surface area contributed by atoms with Gasteiger partial charge in [0.2, 0.25) is 0 Å². The topological polar surface area (TPSA) is 16.1 Å². The zero-order valence-corrected chi connectivity index (χ0v) is 30.3. The Kier molecular flexibility index (Phi) is 6.50. The smallest absolute Gasteiger partial charge is 0.125 e. The lowest BCUT2D eigenvalue weighted by Gasteiger charge is -2.30. The average molecular weight is 695 g/mol. The van der Waals surface area contributed by atoms with Gasteiger partial charge in [-0.2, -0.15) is 0 Å². The van der Waals surface area contributed by atoms with Crippen molar-refractivity contribution < 1.29 is 0 Å². The molecule has 9 aromatic rings. The van der Waals surface area contributed by atoms with Crippen LogP contribution in [-0.2, 0) is 5.41 Å². The van der Waals surface area contributed by atoms with E-state index in [4.69, 9.17) is 4.98 Å². The molecule has 0 bridgehead atoms. The summed E-state index contributed by atoms with van der Waals surface area (Å²) in [4.78, 5) is 9.17. The average Bonchev–Trinajstić information content (AvgIpc) is 3.84. The summed E-state index contributed by atoms with van der Waals surface area (Å²) >= 11 is 1.81. The third-order valence-electron chi connectivity index (χ3n) is 11.4. The summed E-state index contributed by atoms with van der Waals surface area (Å²) in [6, 6.07) is 62.2. The van der Waals surface area contributed by atoms with Gasteiger partial charge in [0.05, 0.1) is 16.3 Å². The first kappa shape index (κ1) is 30.3. The van der Waals surface area contributed by atoms with Crippen LogP contribution in [-0.4, -0.2) is 4.98 Å². The van der Waals surface area contributed by atoms with Gasteiger partial charge in [-0.05, 0) is 79.7 Å². The molecule has 0 N–H and O–H groups in total. The lowest BCUT2D eigenvalue weighted by molar-refractivity contribution is 0.660. The minimum absolute atomic E-state index is 0.119. The molecular formula is C50H34N2S. The van der Waals surface area contributed by atoms with Crippen LogP contribution in [0.2, 0.25) is 0 Å². The lowest BCUT2D eigenvalue weighted by atomic mass is 9.82. The lowest BCUT2D eigenvalue weighted by Crippen LogP contribution is -2.17. The molecule has 1 heterocycles. The van der Waals surface area contributed by atoms with Crippen LogP contribution in [0.15, 0.2) is 170 Å². The number of hydrogen-bond acceptors (Lipinski definition) is 3. The van der Waals surface area contributed by atoms with E-state index >= 15 is 0 Å². The van der Waals surface area contributed by atoms with E-state index in [1.807, 2.05) is 11.3 Å². The molecule has 0 saturated carbocycles. The number of para-hydroxylation sites is 1. The molecule has 1 aromatic heterocycles. The SMILES string of the molecule is CC1(C)c2ccccc2-c2ccc(N(c3cc4c5c(cccc5c3)-c3sc(-c5cccc6ccccc56)nc3-4)c3ccccc3-c3ccccc3)cc21. The van der Waals surface area contributed by atoms with E-state index in [0.717, 1.165) is 27.8 Å². The number of fused-ring (bicyclic) bond motifs is 7. The molecule has 0 amide bonds. The van der Waals surface area contributed by atoms with E-state index in [0.29, 0.717) is 0 Å². The zero-order valence-electron chi connectivity index (χ0n) is 29.5. The normalized spacial score (nSPS) is 13.2. The second-order valence-corrected chi connectivity index (χ2v) is 15.7. The van der Waals surface area contributed by atoms with E-state index in [1.165, 1.54) is 76.5 Å². The minimum atomic E-state index is -0.119. The highest BCUT2D eigenvalue weighted by molar-refractivity contribution is 7.19. The highest BCUT2D eigenvalue weighted by Gasteiger charge is 2.36. The molecule has 0 fully saturated rings. The summed E-state index contributed by atoms with van der Waals surface area (Å²) in [6.45, 7) is 4.72. The number of rotatable bonds is 5. The summed E-state index contributed by atoms with van der Waals surface area (Å²) in [6.07, 6.45) is 0. The number of aromatic nitrogens is 1. The Hall–Kier alpha value is -6.29. The van der Waals surface area contributed by atoms with Crippen molar-refractivity contribution in [2.24, 2.45) is 0 Å². The number of anilines is 3. The Morgan fingerprint density at radius 3 is 2.06 bits per heavy atom. The first-order valence-corrected chi connectivity index (χ1v) is 19.1. The Bertz CT molecular complexity index is 2930. The van der Waals surface area contributed by atoms with Gasteiger partial charge in [-0.1, -0.05) is 153 Å². The second kappa shape index (κ2) is 11.4. The first-order valence-electron chi connectivity index (χ1n) is 18.3. The monoisotopic (exact) mass is 694 g/mol.